The van der Waals surface area contributed by atoms with Gasteiger partial charge in [-0.15, -0.1) is 0 Å². The van der Waals surface area contributed by atoms with Crippen LogP contribution in [0.1, 0.15) is 67.2 Å². The van der Waals surface area contributed by atoms with E-state index in [-0.39, 0.29) is 41.7 Å². The van der Waals surface area contributed by atoms with E-state index >= 15 is 0 Å². The zero-order chi connectivity index (χ0) is 29.0. The quantitative estimate of drug-likeness (QED) is 0.130. The molecular weight excluding hydrogens is 486 g/mol. The highest BCUT2D eigenvalue weighted by atomic mass is 16.6. The topological polar surface area (TPSA) is 139 Å². The molecule has 8 heteroatoms. The van der Waals surface area contributed by atoms with Gasteiger partial charge >= 0.3 is 12.1 Å². The van der Waals surface area contributed by atoms with E-state index in [0.717, 1.165) is 5.57 Å². The van der Waals surface area contributed by atoms with E-state index in [4.69, 9.17) is 15.2 Å². The Morgan fingerprint density at radius 1 is 1.08 bits per heavy atom. The molecule has 1 aliphatic rings. The molecule has 0 aliphatic carbocycles. The van der Waals surface area contributed by atoms with Crippen molar-refractivity contribution in [2.45, 2.75) is 97.7 Å². The molecule has 10 atom stereocenters. The van der Waals surface area contributed by atoms with Crippen molar-refractivity contribution in [3.63, 3.8) is 0 Å². The standard InChI is InChI=1S/C30H49NO7/c1-8-9-10-20(4)29(38-30(31)36)23(7)28(35)22(6)16-18(2)15-21(5)27(34)19(3)11-12-24(32)17-25-13-14-26(33)37-25/h8-12,15,19-25,27-29,32,34-35H,1,13-14,16-17H2,2-7H3,(H2,31,36)/t19-,20-,21-,22-,23-,24+,25+,27-,28+,29-/m0/s1. The highest BCUT2D eigenvalue weighted by Gasteiger charge is 2.33. The summed E-state index contributed by atoms with van der Waals surface area (Å²) in [6.45, 7) is 15.1. The Bertz CT molecular complexity index is 852. The number of nitrogens with two attached hydrogens (primary N) is 1. The second kappa shape index (κ2) is 16.5. The first kappa shape index (κ1) is 33.6. The molecule has 0 unspecified atom stereocenters. The lowest BCUT2D eigenvalue weighted by molar-refractivity contribution is -0.142. The fourth-order valence-corrected chi connectivity index (χ4v) is 5.14. The highest BCUT2D eigenvalue weighted by molar-refractivity contribution is 5.71. The average molecular weight is 536 g/mol. The maximum absolute atomic E-state index is 11.5. The van der Waals surface area contributed by atoms with Crippen molar-refractivity contribution in [1.82, 2.24) is 0 Å². The predicted octanol–water partition coefficient (Wildman–Crippen LogP) is 4.44. The second-order valence-electron chi connectivity index (χ2n) is 11.0. The van der Waals surface area contributed by atoms with Gasteiger partial charge in [0.1, 0.15) is 12.2 Å². The molecule has 0 bridgehead atoms. The monoisotopic (exact) mass is 535 g/mol. The van der Waals surface area contributed by atoms with Crippen LogP contribution in [0.25, 0.3) is 0 Å². The first-order valence-corrected chi connectivity index (χ1v) is 13.6. The van der Waals surface area contributed by atoms with Crippen LogP contribution in [0.4, 0.5) is 4.79 Å². The number of carbonyl (C=O) groups is 2. The normalized spacial score (nSPS) is 23.8. The third-order valence-corrected chi connectivity index (χ3v) is 7.34. The summed E-state index contributed by atoms with van der Waals surface area (Å²) >= 11 is 0. The minimum absolute atomic E-state index is 0.127. The molecule has 38 heavy (non-hydrogen) atoms. The molecule has 0 radical (unpaired) electrons. The van der Waals surface area contributed by atoms with E-state index < -0.39 is 30.5 Å². The number of carbonyl (C=O) groups excluding carboxylic acids is 2. The first-order chi connectivity index (χ1) is 17.8. The van der Waals surface area contributed by atoms with Crippen molar-refractivity contribution in [1.29, 1.82) is 0 Å². The van der Waals surface area contributed by atoms with Gasteiger partial charge in [0.15, 0.2) is 0 Å². The fourth-order valence-electron chi connectivity index (χ4n) is 5.14. The van der Waals surface area contributed by atoms with Crippen LogP contribution in [0, 0.1) is 29.6 Å². The molecule has 1 rings (SSSR count). The number of esters is 1. The summed E-state index contributed by atoms with van der Waals surface area (Å²) in [5, 5.41) is 32.1. The van der Waals surface area contributed by atoms with Crippen LogP contribution in [0.3, 0.4) is 0 Å². The average Bonchev–Trinajstić information content (AvgIpc) is 3.26. The summed E-state index contributed by atoms with van der Waals surface area (Å²) in [6, 6.07) is 0. The maximum atomic E-state index is 11.5. The Morgan fingerprint density at radius 3 is 2.29 bits per heavy atom. The van der Waals surface area contributed by atoms with Crippen molar-refractivity contribution >= 4 is 12.1 Å². The summed E-state index contributed by atoms with van der Waals surface area (Å²) in [7, 11) is 0. The van der Waals surface area contributed by atoms with Crippen LogP contribution in [-0.4, -0.2) is 57.9 Å². The van der Waals surface area contributed by atoms with E-state index in [1.165, 1.54) is 0 Å². The Hall–Kier alpha value is -2.42. The molecule has 1 aliphatic heterocycles. The Labute approximate surface area is 228 Å². The van der Waals surface area contributed by atoms with E-state index in [1.807, 2.05) is 53.7 Å². The number of aliphatic hydroxyl groups excluding tert-OH is 3. The first-order valence-electron chi connectivity index (χ1n) is 13.6. The van der Waals surface area contributed by atoms with Crippen LogP contribution >= 0.6 is 0 Å². The number of ether oxygens (including phenoxy) is 2. The predicted molar refractivity (Wildman–Crippen MR) is 149 cm³/mol. The van der Waals surface area contributed by atoms with Crippen LogP contribution in [-0.2, 0) is 14.3 Å². The molecule has 0 aromatic heterocycles. The van der Waals surface area contributed by atoms with Crippen molar-refractivity contribution < 1.29 is 34.4 Å². The summed E-state index contributed by atoms with van der Waals surface area (Å²) in [5.74, 6) is -1.23. The highest BCUT2D eigenvalue weighted by Crippen LogP contribution is 2.29. The lowest BCUT2D eigenvalue weighted by Crippen LogP contribution is -2.41. The van der Waals surface area contributed by atoms with Gasteiger partial charge in [-0.05, 0) is 25.7 Å². The molecule has 1 amide bonds. The zero-order valence-corrected chi connectivity index (χ0v) is 23.8. The van der Waals surface area contributed by atoms with Gasteiger partial charge in [-0.2, -0.15) is 0 Å². The summed E-state index contributed by atoms with van der Waals surface area (Å²) in [6.07, 6.45) is 8.82. The van der Waals surface area contributed by atoms with E-state index in [0.29, 0.717) is 25.7 Å². The van der Waals surface area contributed by atoms with Gasteiger partial charge in [0, 0.05) is 36.5 Å². The molecule has 1 saturated heterocycles. The van der Waals surface area contributed by atoms with Gasteiger partial charge < -0.3 is 30.5 Å². The molecule has 5 N–H and O–H groups in total. The summed E-state index contributed by atoms with van der Waals surface area (Å²) < 4.78 is 10.5. The molecule has 1 fully saturated rings. The van der Waals surface area contributed by atoms with E-state index in [1.54, 1.807) is 24.3 Å². The molecule has 216 valence electrons. The van der Waals surface area contributed by atoms with Crippen LogP contribution < -0.4 is 5.73 Å². The van der Waals surface area contributed by atoms with Gasteiger partial charge in [0.05, 0.1) is 18.3 Å². The Balaban J connectivity index is 2.71. The Kier molecular flexibility index (Phi) is 14.6. The second-order valence-corrected chi connectivity index (χ2v) is 11.0. The zero-order valence-electron chi connectivity index (χ0n) is 23.8. The summed E-state index contributed by atoms with van der Waals surface area (Å²) in [5.41, 5.74) is 6.31. The number of hydrogen-bond acceptors (Lipinski definition) is 7. The molecule has 0 aromatic rings. The third-order valence-electron chi connectivity index (χ3n) is 7.34. The summed E-state index contributed by atoms with van der Waals surface area (Å²) in [4.78, 5) is 22.7. The number of rotatable bonds is 16. The molecule has 8 nitrogen and oxygen atoms in total. The van der Waals surface area contributed by atoms with Gasteiger partial charge in [0.25, 0.3) is 0 Å². The number of hydrogen-bond donors (Lipinski definition) is 4. The van der Waals surface area contributed by atoms with Crippen molar-refractivity contribution in [2.24, 2.45) is 35.3 Å². The molecular formula is C30H49NO7. The van der Waals surface area contributed by atoms with Crippen LogP contribution in [0.2, 0.25) is 0 Å². The van der Waals surface area contributed by atoms with Crippen molar-refractivity contribution in [3.05, 3.63) is 48.6 Å². The molecule has 0 aromatic carbocycles. The van der Waals surface area contributed by atoms with Gasteiger partial charge in [-0.3, -0.25) is 4.79 Å². The number of cyclic esters (lactones) is 1. The Morgan fingerprint density at radius 2 is 1.74 bits per heavy atom. The largest absolute Gasteiger partial charge is 0.462 e. The maximum Gasteiger partial charge on any atom is 0.404 e. The third kappa shape index (κ3) is 11.5. The van der Waals surface area contributed by atoms with E-state index in [9.17, 15) is 24.9 Å². The fraction of sp³-hybridized carbons (Fsp3) is 0.667. The van der Waals surface area contributed by atoms with Gasteiger partial charge in [-0.25, -0.2) is 4.79 Å². The van der Waals surface area contributed by atoms with Gasteiger partial charge in [-0.1, -0.05) is 83.2 Å². The molecule has 0 spiro atoms. The SMILES string of the molecule is C=CC=C[C@H](C)[C@H](OC(N)=O)[C@@H](C)[C@H](O)[C@@H](C)CC(C)=C[C@H](C)[C@@H](O)[C@@H](C)C=C[C@@H](O)C[C@H]1CCC(=O)O1. The number of allylic oxidation sites excluding steroid dienone is 3. The number of aliphatic hydroxyl groups is 3. The lowest BCUT2D eigenvalue weighted by Gasteiger charge is -2.33. The smallest absolute Gasteiger partial charge is 0.404 e. The van der Waals surface area contributed by atoms with Crippen LogP contribution in [0.5, 0.6) is 0 Å². The minimum atomic E-state index is -0.878. The number of primary amides is 1. The number of amides is 1. The van der Waals surface area contributed by atoms with Crippen molar-refractivity contribution in [3.8, 4) is 0 Å². The molecule has 1 heterocycles. The molecule has 0 saturated carbocycles. The van der Waals surface area contributed by atoms with Crippen LogP contribution in [0.15, 0.2) is 48.6 Å². The minimum Gasteiger partial charge on any atom is -0.462 e. The van der Waals surface area contributed by atoms with E-state index in [2.05, 4.69) is 6.58 Å². The lowest BCUT2D eigenvalue weighted by atomic mass is 9.81. The van der Waals surface area contributed by atoms with Crippen molar-refractivity contribution in [2.75, 3.05) is 0 Å². The van der Waals surface area contributed by atoms with Gasteiger partial charge in [0.2, 0.25) is 0 Å².